The molecular formula is C19H19BrCl2N2O5S. The zero-order chi connectivity index (χ0) is 22.5. The summed E-state index contributed by atoms with van der Waals surface area (Å²) in [6, 6.07) is 9.04. The van der Waals surface area contributed by atoms with Gasteiger partial charge in [0.1, 0.15) is 4.90 Å². The van der Waals surface area contributed by atoms with Crippen molar-refractivity contribution < 1.29 is 22.7 Å². The third-order valence-corrected chi connectivity index (χ3v) is 6.35. The molecule has 30 heavy (non-hydrogen) atoms. The largest absolute Gasteiger partial charge is 0.452 e. The predicted octanol–water partition coefficient (Wildman–Crippen LogP) is 4.49. The normalized spacial score (nSPS) is 11.4. The van der Waals surface area contributed by atoms with Crippen molar-refractivity contribution in [3.05, 3.63) is 56.5 Å². The van der Waals surface area contributed by atoms with E-state index in [1.165, 1.54) is 0 Å². The molecular weight excluding hydrogens is 519 g/mol. The first-order chi connectivity index (χ1) is 14.0. The van der Waals surface area contributed by atoms with Gasteiger partial charge < -0.3 is 10.1 Å². The van der Waals surface area contributed by atoms with E-state index in [2.05, 4.69) is 26.0 Å². The predicted molar refractivity (Wildman–Crippen MR) is 120 cm³/mol. The lowest BCUT2D eigenvalue weighted by Crippen LogP contribution is -2.28. The minimum Gasteiger partial charge on any atom is -0.452 e. The maximum atomic E-state index is 12.5. The van der Waals surface area contributed by atoms with Gasteiger partial charge in [0.05, 0.1) is 15.6 Å². The van der Waals surface area contributed by atoms with E-state index < -0.39 is 28.5 Å². The number of carbonyl (C=O) groups is 2. The molecule has 0 aliphatic heterocycles. The molecule has 1 amide bonds. The Hall–Kier alpha value is -1.65. The van der Waals surface area contributed by atoms with Crippen molar-refractivity contribution in [2.75, 3.05) is 18.5 Å². The van der Waals surface area contributed by atoms with Gasteiger partial charge in [0, 0.05) is 16.7 Å². The van der Waals surface area contributed by atoms with Crippen molar-refractivity contribution in [3.8, 4) is 0 Å². The summed E-state index contributed by atoms with van der Waals surface area (Å²) < 4.78 is 33.1. The molecule has 0 aliphatic rings. The Balaban J connectivity index is 2.12. The molecule has 11 heteroatoms. The second-order valence-corrected chi connectivity index (χ2v) is 10.1. The molecule has 0 heterocycles. The molecule has 162 valence electrons. The number of esters is 1. The minimum absolute atomic E-state index is 0.0686. The number of amides is 1. The van der Waals surface area contributed by atoms with Gasteiger partial charge in [-0.3, -0.25) is 4.79 Å². The molecule has 0 aliphatic carbocycles. The molecule has 0 fully saturated rings. The van der Waals surface area contributed by atoms with Crippen LogP contribution < -0.4 is 10.0 Å². The van der Waals surface area contributed by atoms with Gasteiger partial charge >= 0.3 is 5.97 Å². The molecule has 2 aromatic rings. The van der Waals surface area contributed by atoms with Gasteiger partial charge in [-0.15, -0.1) is 0 Å². The number of nitrogens with one attached hydrogen (secondary N) is 2. The summed E-state index contributed by atoms with van der Waals surface area (Å²) in [7, 11) is -3.97. The molecule has 0 radical (unpaired) electrons. The monoisotopic (exact) mass is 536 g/mol. The molecule has 0 bridgehead atoms. The Kier molecular flexibility index (Phi) is 8.69. The molecule has 0 unspecified atom stereocenters. The second-order valence-electron chi connectivity index (χ2n) is 6.64. The number of hydrogen-bond donors (Lipinski definition) is 2. The highest BCUT2D eigenvalue weighted by Crippen LogP contribution is 2.29. The van der Waals surface area contributed by atoms with Crippen molar-refractivity contribution in [1.29, 1.82) is 0 Å². The topological polar surface area (TPSA) is 102 Å². The van der Waals surface area contributed by atoms with Crippen LogP contribution in [0.4, 0.5) is 5.69 Å². The van der Waals surface area contributed by atoms with Crippen LogP contribution in [0.25, 0.3) is 0 Å². The highest BCUT2D eigenvalue weighted by atomic mass is 79.9. The van der Waals surface area contributed by atoms with E-state index in [4.69, 9.17) is 27.9 Å². The molecule has 0 aromatic heterocycles. The Morgan fingerprint density at radius 3 is 2.47 bits per heavy atom. The SMILES string of the molecule is CC(C)CNS(=O)(=O)c1cc(C(=O)OCC(=O)Nc2cccc(Br)c2)c(Cl)cc1Cl. The molecule has 2 rings (SSSR count). The maximum Gasteiger partial charge on any atom is 0.340 e. The lowest BCUT2D eigenvalue weighted by atomic mass is 10.2. The Morgan fingerprint density at radius 2 is 1.83 bits per heavy atom. The lowest BCUT2D eigenvalue weighted by molar-refractivity contribution is -0.119. The summed E-state index contributed by atoms with van der Waals surface area (Å²) in [5, 5.41) is 2.33. The third-order valence-electron chi connectivity index (χ3n) is 3.66. The summed E-state index contributed by atoms with van der Waals surface area (Å²) in [5.41, 5.74) is 0.292. The van der Waals surface area contributed by atoms with Gasteiger partial charge in [0.2, 0.25) is 10.0 Å². The van der Waals surface area contributed by atoms with Crippen LogP contribution in [-0.4, -0.2) is 33.4 Å². The van der Waals surface area contributed by atoms with Crippen LogP contribution in [-0.2, 0) is 19.6 Å². The number of rotatable bonds is 8. The van der Waals surface area contributed by atoms with Gasteiger partial charge in [-0.1, -0.05) is 59.0 Å². The first-order valence-corrected chi connectivity index (χ1v) is 11.7. The van der Waals surface area contributed by atoms with Gasteiger partial charge in [-0.25, -0.2) is 17.9 Å². The zero-order valence-electron chi connectivity index (χ0n) is 16.0. The Morgan fingerprint density at radius 1 is 1.13 bits per heavy atom. The Labute approximate surface area is 193 Å². The van der Waals surface area contributed by atoms with E-state index in [9.17, 15) is 18.0 Å². The molecule has 7 nitrogen and oxygen atoms in total. The van der Waals surface area contributed by atoms with Crippen LogP contribution in [0.3, 0.4) is 0 Å². The summed E-state index contributed by atoms with van der Waals surface area (Å²) in [4.78, 5) is 24.1. The third kappa shape index (κ3) is 6.95. The number of ether oxygens (including phenoxy) is 1. The van der Waals surface area contributed by atoms with E-state index in [-0.39, 0.29) is 33.0 Å². The van der Waals surface area contributed by atoms with Crippen LogP contribution in [0, 0.1) is 5.92 Å². The smallest absolute Gasteiger partial charge is 0.340 e. The fourth-order valence-corrected chi connectivity index (χ4v) is 4.68. The van der Waals surface area contributed by atoms with Crippen molar-refractivity contribution >= 4 is 66.7 Å². The van der Waals surface area contributed by atoms with E-state index in [1.54, 1.807) is 24.3 Å². The number of halogens is 3. The molecule has 2 N–H and O–H groups in total. The quantitative estimate of drug-likeness (QED) is 0.483. The minimum atomic E-state index is -3.97. The van der Waals surface area contributed by atoms with Crippen LogP contribution in [0.2, 0.25) is 10.0 Å². The average molecular weight is 538 g/mol. The highest BCUT2D eigenvalue weighted by Gasteiger charge is 2.24. The van der Waals surface area contributed by atoms with Crippen molar-refractivity contribution in [2.24, 2.45) is 5.92 Å². The summed E-state index contributed by atoms with van der Waals surface area (Å²) in [5.74, 6) is -1.46. The molecule has 2 aromatic carbocycles. The van der Waals surface area contributed by atoms with Crippen LogP contribution in [0.5, 0.6) is 0 Å². The van der Waals surface area contributed by atoms with Crippen molar-refractivity contribution in [1.82, 2.24) is 4.72 Å². The zero-order valence-corrected chi connectivity index (χ0v) is 20.0. The molecule has 0 saturated heterocycles. The first kappa shape index (κ1) is 24.6. The fourth-order valence-electron chi connectivity index (χ4n) is 2.22. The summed E-state index contributed by atoms with van der Waals surface area (Å²) in [6.07, 6.45) is 0. The standard InChI is InChI=1S/C19H19BrCl2N2O5S/c1-11(2)9-23-30(27,28)17-7-14(15(21)8-16(17)22)19(26)29-10-18(25)24-13-5-3-4-12(20)6-13/h3-8,11,23H,9-10H2,1-2H3,(H,24,25). The number of carbonyl (C=O) groups excluding carboxylic acids is 2. The van der Waals surface area contributed by atoms with Gasteiger partial charge in [0.25, 0.3) is 5.91 Å². The average Bonchev–Trinajstić information content (AvgIpc) is 2.64. The van der Waals surface area contributed by atoms with Gasteiger partial charge in [-0.05, 0) is 36.2 Å². The van der Waals surface area contributed by atoms with Crippen LogP contribution >= 0.6 is 39.1 Å². The van der Waals surface area contributed by atoms with Crippen molar-refractivity contribution in [2.45, 2.75) is 18.7 Å². The van der Waals surface area contributed by atoms with E-state index in [0.717, 1.165) is 16.6 Å². The first-order valence-electron chi connectivity index (χ1n) is 8.71. The fraction of sp³-hybridized carbons (Fsp3) is 0.263. The number of anilines is 1. The van der Waals surface area contributed by atoms with Crippen LogP contribution in [0.1, 0.15) is 24.2 Å². The Bertz CT molecular complexity index is 1060. The lowest BCUT2D eigenvalue weighted by Gasteiger charge is -2.13. The maximum absolute atomic E-state index is 12.5. The molecule has 0 saturated carbocycles. The second kappa shape index (κ2) is 10.6. The van der Waals surface area contributed by atoms with E-state index in [0.29, 0.717) is 5.69 Å². The van der Waals surface area contributed by atoms with E-state index in [1.807, 2.05) is 13.8 Å². The van der Waals surface area contributed by atoms with Gasteiger partial charge in [0.15, 0.2) is 6.61 Å². The molecule has 0 spiro atoms. The van der Waals surface area contributed by atoms with E-state index >= 15 is 0 Å². The van der Waals surface area contributed by atoms with Crippen molar-refractivity contribution in [3.63, 3.8) is 0 Å². The van der Waals surface area contributed by atoms with Gasteiger partial charge in [-0.2, -0.15) is 0 Å². The summed E-state index contributed by atoms with van der Waals surface area (Å²) >= 11 is 15.3. The number of benzene rings is 2. The summed E-state index contributed by atoms with van der Waals surface area (Å²) in [6.45, 7) is 3.29. The van der Waals surface area contributed by atoms with Crippen LogP contribution in [0.15, 0.2) is 45.8 Å². The number of sulfonamides is 1. The molecule has 0 atom stereocenters. The number of hydrogen-bond acceptors (Lipinski definition) is 5. The highest BCUT2D eigenvalue weighted by molar-refractivity contribution is 9.10.